The van der Waals surface area contributed by atoms with E-state index in [0.717, 1.165) is 27.5 Å². The van der Waals surface area contributed by atoms with Crippen molar-refractivity contribution in [1.82, 2.24) is 9.78 Å². The van der Waals surface area contributed by atoms with E-state index >= 15 is 0 Å². The van der Waals surface area contributed by atoms with Crippen LogP contribution >= 0.6 is 23.8 Å². The molecule has 0 aliphatic heterocycles. The summed E-state index contributed by atoms with van der Waals surface area (Å²) in [7, 11) is 0. The molecule has 26 heavy (non-hydrogen) atoms. The van der Waals surface area contributed by atoms with Gasteiger partial charge in [-0.15, -0.1) is 0 Å². The Bertz CT molecular complexity index is 949. The smallest absolute Gasteiger partial charge is 0.176 e. The van der Waals surface area contributed by atoms with Gasteiger partial charge in [0, 0.05) is 22.5 Å². The van der Waals surface area contributed by atoms with Crippen molar-refractivity contribution in [2.24, 2.45) is 0 Å². The number of thiocarbonyl (C=S) groups is 1. The van der Waals surface area contributed by atoms with Gasteiger partial charge in [0.1, 0.15) is 0 Å². The van der Waals surface area contributed by atoms with Crippen molar-refractivity contribution in [2.75, 3.05) is 10.6 Å². The van der Waals surface area contributed by atoms with Crippen molar-refractivity contribution in [3.63, 3.8) is 0 Å². The second kappa shape index (κ2) is 7.89. The van der Waals surface area contributed by atoms with Crippen LogP contribution in [-0.4, -0.2) is 14.9 Å². The van der Waals surface area contributed by atoms with Gasteiger partial charge in [-0.2, -0.15) is 5.10 Å². The predicted octanol–water partition coefficient (Wildman–Crippen LogP) is 5.32. The van der Waals surface area contributed by atoms with Gasteiger partial charge in [-0.05, 0) is 62.3 Å². The molecule has 0 aliphatic rings. The minimum Gasteiger partial charge on any atom is -0.332 e. The van der Waals surface area contributed by atoms with Gasteiger partial charge in [-0.3, -0.25) is 4.68 Å². The van der Waals surface area contributed by atoms with Crippen LogP contribution in [0, 0.1) is 20.8 Å². The van der Waals surface area contributed by atoms with E-state index in [1.165, 1.54) is 5.56 Å². The van der Waals surface area contributed by atoms with Crippen molar-refractivity contribution in [1.29, 1.82) is 0 Å². The fraction of sp³-hybridized carbons (Fsp3) is 0.200. The van der Waals surface area contributed by atoms with E-state index < -0.39 is 0 Å². The third-order valence-corrected chi connectivity index (χ3v) is 4.51. The molecule has 0 aliphatic carbocycles. The van der Waals surface area contributed by atoms with Crippen LogP contribution in [0.25, 0.3) is 0 Å². The summed E-state index contributed by atoms with van der Waals surface area (Å²) in [5.74, 6) is 0.715. The molecule has 0 unspecified atom stereocenters. The molecule has 134 valence electrons. The van der Waals surface area contributed by atoms with Gasteiger partial charge >= 0.3 is 0 Å². The number of aryl methyl sites for hydroxylation is 3. The first-order valence-corrected chi connectivity index (χ1v) is 9.13. The zero-order chi connectivity index (χ0) is 18.7. The molecular formula is C20H21ClN4S. The first kappa shape index (κ1) is 18.4. The number of hydrogen-bond donors (Lipinski definition) is 2. The molecule has 0 fully saturated rings. The number of hydrogen-bond acceptors (Lipinski definition) is 2. The number of rotatable bonds is 4. The first-order valence-electron chi connectivity index (χ1n) is 8.35. The molecular weight excluding hydrogens is 364 g/mol. The van der Waals surface area contributed by atoms with Crippen LogP contribution < -0.4 is 10.6 Å². The zero-order valence-electron chi connectivity index (χ0n) is 15.0. The third-order valence-electron chi connectivity index (χ3n) is 4.07. The predicted molar refractivity (Wildman–Crippen MR) is 113 cm³/mol. The molecule has 0 atom stereocenters. The Balaban J connectivity index is 1.67. The number of aromatic nitrogens is 2. The van der Waals surface area contributed by atoms with Crippen LogP contribution in [0.2, 0.25) is 5.02 Å². The molecule has 1 heterocycles. The average molecular weight is 385 g/mol. The summed E-state index contributed by atoms with van der Waals surface area (Å²) in [4.78, 5) is 0. The number of nitrogens with one attached hydrogen (secondary N) is 2. The summed E-state index contributed by atoms with van der Waals surface area (Å²) in [6, 6.07) is 16.0. The normalized spacial score (nSPS) is 10.6. The fourth-order valence-electron chi connectivity index (χ4n) is 2.76. The number of nitrogens with zero attached hydrogens (tertiary/aromatic N) is 2. The maximum atomic E-state index is 6.06. The molecule has 0 saturated carbocycles. The van der Waals surface area contributed by atoms with Crippen molar-refractivity contribution in [2.45, 2.75) is 27.3 Å². The topological polar surface area (TPSA) is 41.9 Å². The van der Waals surface area contributed by atoms with E-state index in [-0.39, 0.29) is 0 Å². The summed E-state index contributed by atoms with van der Waals surface area (Å²) in [5, 5.41) is 12.2. The van der Waals surface area contributed by atoms with Crippen molar-refractivity contribution < 1.29 is 0 Å². The standard InChI is InChI=1S/C20H21ClN4S/c1-13-7-8-18(14(2)9-13)22-20(26)23-19-10-15(3)25(24-19)12-16-5-4-6-17(21)11-16/h4-11H,12H2,1-3H3,(H2,22,23,24,26). The number of benzene rings is 2. The van der Waals surface area contributed by atoms with Crippen molar-refractivity contribution in [3.8, 4) is 0 Å². The maximum Gasteiger partial charge on any atom is 0.176 e. The molecule has 4 nitrogen and oxygen atoms in total. The van der Waals surface area contributed by atoms with Crippen LogP contribution in [0.3, 0.4) is 0 Å². The van der Waals surface area contributed by atoms with E-state index in [1.807, 2.05) is 48.0 Å². The molecule has 0 amide bonds. The molecule has 0 spiro atoms. The van der Waals surface area contributed by atoms with Gasteiger partial charge in [0.2, 0.25) is 0 Å². The third kappa shape index (κ3) is 4.62. The minimum atomic E-state index is 0.518. The van der Waals surface area contributed by atoms with Gasteiger partial charge in [0.25, 0.3) is 0 Å². The quantitative estimate of drug-likeness (QED) is 0.597. The van der Waals surface area contributed by atoms with Gasteiger partial charge in [-0.25, -0.2) is 0 Å². The Morgan fingerprint density at radius 2 is 1.88 bits per heavy atom. The highest BCUT2D eigenvalue weighted by Crippen LogP contribution is 2.18. The summed E-state index contributed by atoms with van der Waals surface area (Å²) >= 11 is 11.5. The molecule has 2 N–H and O–H groups in total. The molecule has 6 heteroatoms. The second-order valence-electron chi connectivity index (χ2n) is 6.36. The van der Waals surface area contributed by atoms with Crippen LogP contribution in [0.4, 0.5) is 11.5 Å². The van der Waals surface area contributed by atoms with E-state index in [2.05, 4.69) is 41.7 Å². The van der Waals surface area contributed by atoms with Gasteiger partial charge in [-0.1, -0.05) is 41.4 Å². The molecule has 3 rings (SSSR count). The van der Waals surface area contributed by atoms with Crippen LogP contribution in [0.5, 0.6) is 0 Å². The Hall–Kier alpha value is -2.37. The first-order chi connectivity index (χ1) is 12.4. The van der Waals surface area contributed by atoms with E-state index in [9.17, 15) is 0 Å². The largest absolute Gasteiger partial charge is 0.332 e. The lowest BCUT2D eigenvalue weighted by Gasteiger charge is -2.11. The lowest BCUT2D eigenvalue weighted by Crippen LogP contribution is -2.20. The highest BCUT2D eigenvalue weighted by molar-refractivity contribution is 7.80. The van der Waals surface area contributed by atoms with Crippen molar-refractivity contribution >= 4 is 40.4 Å². The van der Waals surface area contributed by atoms with E-state index in [0.29, 0.717) is 17.5 Å². The van der Waals surface area contributed by atoms with Crippen LogP contribution in [0.15, 0.2) is 48.5 Å². The molecule has 0 saturated heterocycles. The van der Waals surface area contributed by atoms with Gasteiger partial charge in [0.05, 0.1) is 6.54 Å². The Morgan fingerprint density at radius 1 is 1.08 bits per heavy atom. The lowest BCUT2D eigenvalue weighted by atomic mass is 10.1. The molecule has 0 bridgehead atoms. The molecule has 3 aromatic rings. The number of halogens is 1. The van der Waals surface area contributed by atoms with Gasteiger partial charge in [0.15, 0.2) is 10.9 Å². The molecule has 0 radical (unpaired) electrons. The highest BCUT2D eigenvalue weighted by Gasteiger charge is 2.08. The highest BCUT2D eigenvalue weighted by atomic mass is 35.5. The maximum absolute atomic E-state index is 6.06. The Morgan fingerprint density at radius 3 is 2.62 bits per heavy atom. The SMILES string of the molecule is Cc1ccc(NC(=S)Nc2cc(C)n(Cc3cccc(Cl)c3)n2)c(C)c1. The van der Waals surface area contributed by atoms with Gasteiger partial charge < -0.3 is 10.6 Å². The number of anilines is 2. The summed E-state index contributed by atoms with van der Waals surface area (Å²) in [6.07, 6.45) is 0. The van der Waals surface area contributed by atoms with Crippen molar-refractivity contribution in [3.05, 3.63) is 75.9 Å². The Labute approximate surface area is 164 Å². The lowest BCUT2D eigenvalue weighted by molar-refractivity contribution is 0.668. The monoisotopic (exact) mass is 384 g/mol. The van der Waals surface area contributed by atoms with E-state index in [1.54, 1.807) is 0 Å². The average Bonchev–Trinajstić information content (AvgIpc) is 2.89. The fourth-order valence-corrected chi connectivity index (χ4v) is 3.19. The minimum absolute atomic E-state index is 0.518. The zero-order valence-corrected chi connectivity index (χ0v) is 16.6. The van der Waals surface area contributed by atoms with E-state index in [4.69, 9.17) is 23.8 Å². The van der Waals surface area contributed by atoms with Crippen LogP contribution in [0.1, 0.15) is 22.4 Å². The summed E-state index contributed by atoms with van der Waals surface area (Å²) in [5.41, 5.74) is 5.51. The molecule has 2 aromatic carbocycles. The molecule has 1 aromatic heterocycles. The second-order valence-corrected chi connectivity index (χ2v) is 7.20. The summed E-state index contributed by atoms with van der Waals surface area (Å²) < 4.78 is 1.92. The van der Waals surface area contributed by atoms with Crippen LogP contribution in [-0.2, 0) is 6.54 Å². The summed E-state index contributed by atoms with van der Waals surface area (Å²) in [6.45, 7) is 6.80. The Kier molecular flexibility index (Phi) is 5.59.